The van der Waals surface area contributed by atoms with Gasteiger partial charge < -0.3 is 0 Å². The van der Waals surface area contributed by atoms with E-state index in [0.717, 1.165) is 16.3 Å². The zero-order chi connectivity index (χ0) is 20.8. The van der Waals surface area contributed by atoms with E-state index >= 15 is 0 Å². The molecule has 29 heavy (non-hydrogen) atoms. The standard InChI is InChI=1S/C21H16FNO4S2/c1-28(24,25)18-9-5-6-15(12-18)20-14-23(21-13-16(22)10-11-19(20)21)29(26,27)17-7-3-2-4-8-17/h2-14H,1H3. The van der Waals surface area contributed by atoms with Gasteiger partial charge in [-0.25, -0.2) is 25.2 Å². The molecule has 8 heteroatoms. The molecule has 0 spiro atoms. The molecule has 0 N–H and O–H groups in total. The molecule has 0 radical (unpaired) electrons. The number of rotatable bonds is 4. The molecule has 0 aliphatic heterocycles. The van der Waals surface area contributed by atoms with Crippen molar-refractivity contribution in [2.45, 2.75) is 9.79 Å². The summed E-state index contributed by atoms with van der Waals surface area (Å²) in [7, 11) is -7.42. The highest BCUT2D eigenvalue weighted by Gasteiger charge is 2.22. The quantitative estimate of drug-likeness (QED) is 0.490. The van der Waals surface area contributed by atoms with Crippen LogP contribution in [0.2, 0.25) is 0 Å². The van der Waals surface area contributed by atoms with Crippen LogP contribution < -0.4 is 0 Å². The van der Waals surface area contributed by atoms with Crippen molar-refractivity contribution in [2.75, 3.05) is 6.26 Å². The summed E-state index contributed by atoms with van der Waals surface area (Å²) in [5, 5.41) is 0.497. The van der Waals surface area contributed by atoms with Gasteiger partial charge in [-0.3, -0.25) is 0 Å². The first-order valence-corrected chi connectivity index (χ1v) is 11.9. The van der Waals surface area contributed by atoms with Gasteiger partial charge >= 0.3 is 0 Å². The molecular weight excluding hydrogens is 413 g/mol. The zero-order valence-corrected chi connectivity index (χ0v) is 16.9. The van der Waals surface area contributed by atoms with Crippen LogP contribution in [-0.4, -0.2) is 27.1 Å². The third kappa shape index (κ3) is 3.45. The molecule has 4 rings (SSSR count). The van der Waals surface area contributed by atoms with Gasteiger partial charge in [0.2, 0.25) is 0 Å². The average Bonchev–Trinajstić information content (AvgIpc) is 3.07. The Balaban J connectivity index is 2.02. The zero-order valence-electron chi connectivity index (χ0n) is 15.3. The summed E-state index contributed by atoms with van der Waals surface area (Å²) >= 11 is 0. The van der Waals surface area contributed by atoms with Gasteiger partial charge in [0.25, 0.3) is 10.0 Å². The number of halogens is 1. The maximum absolute atomic E-state index is 14.0. The molecule has 0 bridgehead atoms. The summed E-state index contributed by atoms with van der Waals surface area (Å²) in [6.07, 6.45) is 2.50. The van der Waals surface area contributed by atoms with Crippen molar-refractivity contribution in [1.29, 1.82) is 0 Å². The molecule has 0 amide bonds. The lowest BCUT2D eigenvalue weighted by atomic mass is 10.1. The maximum Gasteiger partial charge on any atom is 0.268 e. The smallest absolute Gasteiger partial charge is 0.240 e. The highest BCUT2D eigenvalue weighted by molar-refractivity contribution is 7.90. The topological polar surface area (TPSA) is 73.2 Å². The Morgan fingerprint density at radius 2 is 1.48 bits per heavy atom. The molecule has 4 aromatic rings. The Labute approximate surface area is 168 Å². The molecule has 0 aliphatic rings. The minimum atomic E-state index is -3.98. The van der Waals surface area contributed by atoms with Crippen molar-refractivity contribution in [2.24, 2.45) is 0 Å². The summed E-state index contributed by atoms with van der Waals surface area (Å²) in [6, 6.07) is 18.0. The lowest BCUT2D eigenvalue weighted by molar-refractivity contribution is 0.588. The third-order valence-corrected chi connectivity index (χ3v) is 7.41. The van der Waals surface area contributed by atoms with Crippen molar-refractivity contribution in [1.82, 2.24) is 3.97 Å². The molecule has 0 atom stereocenters. The molecule has 0 aliphatic carbocycles. The van der Waals surface area contributed by atoms with Gasteiger partial charge in [-0.15, -0.1) is 0 Å². The van der Waals surface area contributed by atoms with E-state index < -0.39 is 25.7 Å². The van der Waals surface area contributed by atoms with Gasteiger partial charge in [0.15, 0.2) is 9.84 Å². The van der Waals surface area contributed by atoms with E-state index in [1.165, 1.54) is 42.6 Å². The van der Waals surface area contributed by atoms with E-state index in [0.29, 0.717) is 16.5 Å². The molecule has 148 valence electrons. The lowest BCUT2D eigenvalue weighted by Crippen LogP contribution is -2.11. The number of aromatic nitrogens is 1. The van der Waals surface area contributed by atoms with Crippen LogP contribution >= 0.6 is 0 Å². The molecule has 5 nitrogen and oxygen atoms in total. The molecule has 0 saturated carbocycles. The fraction of sp³-hybridized carbons (Fsp3) is 0.0476. The number of benzene rings is 3. The van der Waals surface area contributed by atoms with Crippen LogP contribution in [-0.2, 0) is 19.9 Å². The summed E-state index contributed by atoms with van der Waals surface area (Å²) in [6.45, 7) is 0. The van der Waals surface area contributed by atoms with E-state index in [1.807, 2.05) is 0 Å². The van der Waals surface area contributed by atoms with E-state index in [4.69, 9.17) is 0 Å². The van der Waals surface area contributed by atoms with Crippen molar-refractivity contribution >= 4 is 30.8 Å². The summed E-state index contributed by atoms with van der Waals surface area (Å²) in [5.74, 6) is -0.573. The predicted molar refractivity (Wildman–Crippen MR) is 109 cm³/mol. The number of nitrogens with zero attached hydrogens (tertiary/aromatic N) is 1. The highest BCUT2D eigenvalue weighted by atomic mass is 32.2. The van der Waals surface area contributed by atoms with E-state index in [-0.39, 0.29) is 15.3 Å². The van der Waals surface area contributed by atoms with E-state index in [2.05, 4.69) is 0 Å². The Morgan fingerprint density at radius 3 is 2.17 bits per heavy atom. The summed E-state index contributed by atoms with van der Waals surface area (Å²) in [4.78, 5) is 0.182. The molecule has 1 heterocycles. The molecule has 3 aromatic carbocycles. The largest absolute Gasteiger partial charge is 0.268 e. The molecule has 0 fully saturated rings. The summed E-state index contributed by atoms with van der Waals surface area (Å²) in [5.41, 5.74) is 1.19. The second-order valence-corrected chi connectivity index (χ2v) is 10.4. The van der Waals surface area contributed by atoms with Crippen LogP contribution in [0.25, 0.3) is 22.0 Å². The second-order valence-electron chi connectivity index (χ2n) is 6.62. The second kappa shape index (κ2) is 6.82. The van der Waals surface area contributed by atoms with Crippen LogP contribution in [0.1, 0.15) is 0 Å². The van der Waals surface area contributed by atoms with Crippen molar-refractivity contribution in [3.05, 3.63) is 84.8 Å². The van der Waals surface area contributed by atoms with Crippen LogP contribution in [0.5, 0.6) is 0 Å². The van der Waals surface area contributed by atoms with Gasteiger partial charge in [0.1, 0.15) is 5.82 Å². The van der Waals surface area contributed by atoms with Crippen LogP contribution in [0.15, 0.2) is 88.8 Å². The fourth-order valence-corrected chi connectivity index (χ4v) is 5.25. The predicted octanol–water partition coefficient (Wildman–Crippen LogP) is 4.09. The number of sulfone groups is 1. The van der Waals surface area contributed by atoms with Gasteiger partial charge in [-0.05, 0) is 48.0 Å². The number of fused-ring (bicyclic) bond motifs is 1. The van der Waals surface area contributed by atoms with E-state index in [9.17, 15) is 21.2 Å². The monoisotopic (exact) mass is 429 g/mol. The number of hydrogen-bond donors (Lipinski definition) is 0. The first-order valence-electron chi connectivity index (χ1n) is 8.60. The Bertz CT molecular complexity index is 1440. The van der Waals surface area contributed by atoms with Gasteiger partial charge in [0.05, 0.1) is 15.3 Å². The third-order valence-electron chi connectivity index (χ3n) is 4.61. The SMILES string of the molecule is CS(=O)(=O)c1cccc(-c2cn(S(=O)(=O)c3ccccc3)c3cc(F)ccc23)c1. The van der Waals surface area contributed by atoms with Gasteiger partial charge in [0, 0.05) is 23.4 Å². The minimum Gasteiger partial charge on any atom is -0.240 e. The highest BCUT2D eigenvalue weighted by Crippen LogP contribution is 2.34. The van der Waals surface area contributed by atoms with Crippen LogP contribution in [0.3, 0.4) is 0 Å². The maximum atomic E-state index is 14.0. The fourth-order valence-electron chi connectivity index (χ4n) is 3.20. The lowest BCUT2D eigenvalue weighted by Gasteiger charge is -2.07. The summed E-state index contributed by atoms with van der Waals surface area (Å²) < 4.78 is 65.2. The average molecular weight is 429 g/mol. The van der Waals surface area contributed by atoms with Gasteiger partial charge in [-0.1, -0.05) is 30.3 Å². The Kier molecular flexibility index (Phi) is 4.55. The van der Waals surface area contributed by atoms with Crippen LogP contribution in [0, 0.1) is 5.82 Å². The molecule has 0 saturated heterocycles. The molecule has 0 unspecified atom stereocenters. The van der Waals surface area contributed by atoms with Crippen LogP contribution in [0.4, 0.5) is 4.39 Å². The van der Waals surface area contributed by atoms with Crippen molar-refractivity contribution in [3.63, 3.8) is 0 Å². The Morgan fingerprint density at radius 1 is 0.793 bits per heavy atom. The number of hydrogen-bond acceptors (Lipinski definition) is 4. The Hall–Kier alpha value is -2.97. The van der Waals surface area contributed by atoms with Crippen molar-refractivity contribution in [3.8, 4) is 11.1 Å². The molecule has 1 aromatic heterocycles. The van der Waals surface area contributed by atoms with E-state index in [1.54, 1.807) is 30.3 Å². The first-order chi connectivity index (χ1) is 13.7. The van der Waals surface area contributed by atoms with Gasteiger partial charge in [-0.2, -0.15) is 0 Å². The normalized spacial score (nSPS) is 12.3. The van der Waals surface area contributed by atoms with Crippen molar-refractivity contribution < 1.29 is 21.2 Å². The molecular formula is C21H16FNO4S2. The first kappa shape index (κ1) is 19.4. The minimum absolute atomic E-state index is 0.0672.